The van der Waals surface area contributed by atoms with Crippen molar-refractivity contribution in [1.82, 2.24) is 4.57 Å². The molecule has 1 unspecified atom stereocenters. The molecule has 3 nitrogen and oxygen atoms in total. The maximum absolute atomic E-state index is 10.8. The molecule has 1 heterocycles. The Labute approximate surface area is 103 Å². The van der Waals surface area contributed by atoms with Crippen molar-refractivity contribution in [1.29, 1.82) is 0 Å². The summed E-state index contributed by atoms with van der Waals surface area (Å²) in [6.07, 6.45) is 0. The summed E-state index contributed by atoms with van der Waals surface area (Å²) in [5.74, 6) is 0. The molecule has 0 bridgehead atoms. The monoisotopic (exact) mass is 217 g/mol. The molecule has 1 N–H and O–H groups in total. The number of fused-ring (bicyclic) bond motifs is 1. The van der Waals surface area contributed by atoms with Gasteiger partial charge in [0.1, 0.15) is 0 Å². The van der Waals surface area contributed by atoms with Gasteiger partial charge in [-0.25, -0.2) is 4.21 Å². The quantitative estimate of drug-likeness (QED) is 0.579. The molecule has 5 heteroatoms. The van der Waals surface area contributed by atoms with Gasteiger partial charge in [0.15, 0.2) is 11.1 Å². The minimum atomic E-state index is -1.89. The van der Waals surface area contributed by atoms with Gasteiger partial charge in [-0.3, -0.25) is 0 Å². The molecule has 1 aromatic heterocycles. The van der Waals surface area contributed by atoms with Gasteiger partial charge in [0.25, 0.3) is 0 Å². The molecule has 0 aliphatic heterocycles. The molecule has 0 radical (unpaired) electrons. The van der Waals surface area contributed by atoms with E-state index in [1.807, 2.05) is 26.1 Å². The summed E-state index contributed by atoms with van der Waals surface area (Å²) in [4.78, 5) is 0.447. The van der Waals surface area contributed by atoms with E-state index in [-0.39, 0.29) is 18.9 Å². The second-order valence-electron chi connectivity index (χ2n) is 3.31. The van der Waals surface area contributed by atoms with E-state index in [1.54, 1.807) is 12.1 Å². The second-order valence-corrected chi connectivity index (χ2v) is 4.28. The van der Waals surface area contributed by atoms with E-state index in [1.165, 1.54) is 0 Å². The zero-order valence-corrected chi connectivity index (χ0v) is 8.84. The van der Waals surface area contributed by atoms with Crippen LogP contribution in [-0.2, 0) is 18.1 Å². The third kappa shape index (κ3) is 2.19. The van der Waals surface area contributed by atoms with E-state index >= 15 is 0 Å². The molecule has 1 atom stereocenters. The molecule has 76 valence electrons. The summed E-state index contributed by atoms with van der Waals surface area (Å²) in [6.45, 7) is 2.01. The molecule has 0 spiro atoms. The van der Waals surface area contributed by atoms with Crippen molar-refractivity contribution in [2.24, 2.45) is 7.05 Å². The van der Waals surface area contributed by atoms with Crippen molar-refractivity contribution in [3.63, 3.8) is 0 Å². The van der Waals surface area contributed by atoms with Gasteiger partial charge in [0, 0.05) is 23.6 Å². The predicted octanol–water partition coefficient (Wildman–Crippen LogP) is 1.42. The van der Waals surface area contributed by atoms with E-state index in [0.29, 0.717) is 4.90 Å². The standard InChI is InChI=1S/C10H11NO2S.Li.H/c1-7-5-8-6-9(14(12)13)3-4-10(8)11(7)2;;/h3-6H,1-2H3,(H,12,13);;. The van der Waals surface area contributed by atoms with E-state index < -0.39 is 11.1 Å². The molecule has 0 fully saturated rings. The van der Waals surface area contributed by atoms with Crippen molar-refractivity contribution >= 4 is 40.8 Å². The molecule has 2 rings (SSSR count). The number of aromatic nitrogens is 1. The third-order valence-corrected chi connectivity index (χ3v) is 3.11. The van der Waals surface area contributed by atoms with Gasteiger partial charge in [-0.1, -0.05) is 0 Å². The second kappa shape index (κ2) is 4.54. The van der Waals surface area contributed by atoms with Crippen LogP contribution in [0.3, 0.4) is 0 Å². The maximum atomic E-state index is 10.8. The fraction of sp³-hybridized carbons (Fsp3) is 0.200. The van der Waals surface area contributed by atoms with Crippen molar-refractivity contribution < 1.29 is 8.76 Å². The van der Waals surface area contributed by atoms with E-state index in [0.717, 1.165) is 16.6 Å². The van der Waals surface area contributed by atoms with Crippen LogP contribution in [0.25, 0.3) is 10.9 Å². The Morgan fingerprint density at radius 2 is 2.00 bits per heavy atom. The van der Waals surface area contributed by atoms with Crippen LogP contribution < -0.4 is 0 Å². The van der Waals surface area contributed by atoms with Gasteiger partial charge in [-0.05, 0) is 31.2 Å². The minimum absolute atomic E-state index is 0. The molecular formula is C10H12LiNO2S. The zero-order chi connectivity index (χ0) is 10.3. The summed E-state index contributed by atoms with van der Waals surface area (Å²) in [5.41, 5.74) is 2.22. The van der Waals surface area contributed by atoms with Gasteiger partial charge in [0.2, 0.25) is 0 Å². The van der Waals surface area contributed by atoms with Gasteiger partial charge in [0.05, 0.1) is 4.90 Å². The van der Waals surface area contributed by atoms with Crippen LogP contribution in [-0.4, -0.2) is 32.2 Å². The van der Waals surface area contributed by atoms with Gasteiger partial charge < -0.3 is 9.12 Å². The van der Waals surface area contributed by atoms with E-state index in [9.17, 15) is 4.21 Å². The Morgan fingerprint density at radius 1 is 1.33 bits per heavy atom. The molecule has 0 amide bonds. The van der Waals surface area contributed by atoms with Gasteiger partial charge in [-0.15, -0.1) is 0 Å². The van der Waals surface area contributed by atoms with Crippen molar-refractivity contribution in [2.45, 2.75) is 11.8 Å². The molecule has 2 aromatic rings. The van der Waals surface area contributed by atoms with Crippen LogP contribution in [0.5, 0.6) is 0 Å². The SMILES string of the molecule is Cc1cc2cc(S(=O)O)ccc2n1C.[LiH]. The van der Waals surface area contributed by atoms with Crippen LogP contribution in [0.1, 0.15) is 5.69 Å². The number of benzene rings is 1. The van der Waals surface area contributed by atoms with Crippen molar-refractivity contribution in [2.75, 3.05) is 0 Å². The number of aryl methyl sites for hydroxylation is 2. The van der Waals surface area contributed by atoms with Crippen molar-refractivity contribution in [3.8, 4) is 0 Å². The average Bonchev–Trinajstić information content (AvgIpc) is 2.42. The van der Waals surface area contributed by atoms with E-state index in [2.05, 4.69) is 4.57 Å². The summed E-state index contributed by atoms with van der Waals surface area (Å²) in [6, 6.07) is 7.30. The number of hydrogen-bond donors (Lipinski definition) is 1. The molecule has 0 saturated carbocycles. The third-order valence-electron chi connectivity index (χ3n) is 2.46. The average molecular weight is 217 g/mol. The van der Waals surface area contributed by atoms with Gasteiger partial charge >= 0.3 is 18.9 Å². The Bertz CT molecular complexity index is 521. The first-order valence-electron chi connectivity index (χ1n) is 4.26. The Kier molecular flexibility index (Phi) is 3.80. The Hall–Kier alpha value is -0.533. The molecule has 0 aliphatic carbocycles. The summed E-state index contributed by atoms with van der Waals surface area (Å²) in [5, 5.41) is 1.00. The van der Waals surface area contributed by atoms with Crippen LogP contribution in [0, 0.1) is 6.92 Å². The van der Waals surface area contributed by atoms with Gasteiger partial charge in [-0.2, -0.15) is 0 Å². The summed E-state index contributed by atoms with van der Waals surface area (Å²) >= 11 is -1.89. The fourth-order valence-electron chi connectivity index (χ4n) is 1.57. The van der Waals surface area contributed by atoms with Crippen LogP contribution in [0.4, 0.5) is 0 Å². The molecular weight excluding hydrogens is 205 g/mol. The first kappa shape index (κ1) is 12.5. The predicted molar refractivity (Wildman–Crippen MR) is 63.8 cm³/mol. The van der Waals surface area contributed by atoms with Crippen LogP contribution in [0.15, 0.2) is 29.2 Å². The zero-order valence-electron chi connectivity index (χ0n) is 8.02. The Morgan fingerprint density at radius 3 is 2.60 bits per heavy atom. The Balaban J connectivity index is 0.00000112. The van der Waals surface area contributed by atoms with E-state index in [4.69, 9.17) is 4.55 Å². The normalized spacial score (nSPS) is 12.5. The number of hydrogen-bond acceptors (Lipinski definition) is 1. The molecule has 1 aromatic carbocycles. The fourth-order valence-corrected chi connectivity index (χ4v) is 1.99. The summed E-state index contributed by atoms with van der Waals surface area (Å²) < 4.78 is 21.8. The molecule has 0 saturated heterocycles. The first-order chi connectivity index (χ1) is 6.59. The first-order valence-corrected chi connectivity index (χ1v) is 5.37. The molecule has 0 aliphatic rings. The van der Waals surface area contributed by atoms with Crippen LogP contribution >= 0.6 is 0 Å². The topological polar surface area (TPSA) is 42.2 Å². The number of rotatable bonds is 1. The van der Waals surface area contributed by atoms with Crippen molar-refractivity contribution in [3.05, 3.63) is 30.0 Å². The van der Waals surface area contributed by atoms with Crippen LogP contribution in [0.2, 0.25) is 0 Å². The number of nitrogens with zero attached hydrogens (tertiary/aromatic N) is 1. The summed E-state index contributed by atoms with van der Waals surface area (Å²) in [7, 11) is 1.98. The molecule has 15 heavy (non-hydrogen) atoms.